The maximum atomic E-state index is 13.7. The van der Waals surface area contributed by atoms with Crippen LogP contribution in [0.3, 0.4) is 0 Å². The second-order valence-corrected chi connectivity index (χ2v) is 12.0. The molecule has 1 aromatic rings. The first-order valence-corrected chi connectivity index (χ1v) is 13.7. The van der Waals surface area contributed by atoms with Gasteiger partial charge in [-0.15, -0.1) is 0 Å². The molecule has 2 aliphatic heterocycles. The second-order valence-electron chi connectivity index (χ2n) is 10.3. The average Bonchev–Trinajstić information content (AvgIpc) is 3.15. The Morgan fingerprint density at radius 3 is 2.55 bits per heavy atom. The van der Waals surface area contributed by atoms with Crippen LogP contribution in [0.15, 0.2) is 54.3 Å². The van der Waals surface area contributed by atoms with Crippen LogP contribution in [0.5, 0.6) is 5.75 Å². The molecule has 0 aliphatic carbocycles. The molecule has 3 unspecified atom stereocenters. The third-order valence-corrected chi connectivity index (χ3v) is 7.28. The highest BCUT2D eigenvalue weighted by Crippen LogP contribution is 2.45. The van der Waals surface area contributed by atoms with Crippen molar-refractivity contribution in [1.82, 2.24) is 9.99 Å². The lowest BCUT2D eigenvalue weighted by atomic mass is 9.99. The molecule has 1 amide bonds. The van der Waals surface area contributed by atoms with E-state index in [-0.39, 0.29) is 24.3 Å². The van der Waals surface area contributed by atoms with Gasteiger partial charge in [0.2, 0.25) is 5.91 Å². The molecule has 38 heavy (non-hydrogen) atoms. The number of amides is 1. The molecular formula is C25H36N3O9P. The minimum atomic E-state index is -4.21. The van der Waals surface area contributed by atoms with E-state index >= 15 is 0 Å². The third-order valence-electron chi connectivity index (χ3n) is 5.64. The molecule has 2 heterocycles. The van der Waals surface area contributed by atoms with E-state index in [1.165, 1.54) is 11.8 Å². The Hall–Kier alpha value is -2.73. The number of para-hydroxylation sites is 1. The van der Waals surface area contributed by atoms with Crippen LogP contribution in [0, 0.1) is 5.41 Å². The minimum Gasteiger partial charge on any atom is -0.464 e. The van der Waals surface area contributed by atoms with Crippen LogP contribution in [0.1, 0.15) is 27.7 Å². The van der Waals surface area contributed by atoms with Crippen LogP contribution in [-0.2, 0) is 28.2 Å². The number of primary amides is 1. The van der Waals surface area contributed by atoms with Gasteiger partial charge in [-0.1, -0.05) is 45.0 Å². The largest absolute Gasteiger partial charge is 0.464 e. The van der Waals surface area contributed by atoms with Crippen LogP contribution in [0.4, 0.5) is 0 Å². The Bertz CT molecular complexity index is 1090. The molecule has 0 aromatic heterocycles. The van der Waals surface area contributed by atoms with Crippen LogP contribution < -0.4 is 15.3 Å². The highest BCUT2D eigenvalue weighted by atomic mass is 31.2. The highest BCUT2D eigenvalue weighted by Gasteiger charge is 2.47. The molecule has 12 nitrogen and oxygen atoms in total. The van der Waals surface area contributed by atoms with Crippen LogP contribution in [0.2, 0.25) is 0 Å². The van der Waals surface area contributed by atoms with Gasteiger partial charge < -0.3 is 34.8 Å². The number of nitrogens with two attached hydrogens (primary N) is 1. The number of allylic oxidation sites excluding steroid dienone is 2. The lowest BCUT2D eigenvalue weighted by Gasteiger charge is -2.31. The number of aliphatic hydroxyl groups excluding tert-OH is 2. The number of esters is 1. The van der Waals surface area contributed by atoms with E-state index in [2.05, 4.69) is 5.09 Å². The summed E-state index contributed by atoms with van der Waals surface area (Å²) in [5.41, 5.74) is 5.39. The molecule has 1 aromatic carbocycles. The van der Waals surface area contributed by atoms with Crippen molar-refractivity contribution < 1.29 is 42.9 Å². The summed E-state index contributed by atoms with van der Waals surface area (Å²) in [7, 11) is -4.21. The van der Waals surface area contributed by atoms with Gasteiger partial charge in [0, 0.05) is 11.8 Å². The Morgan fingerprint density at radius 2 is 1.92 bits per heavy atom. The summed E-state index contributed by atoms with van der Waals surface area (Å²) < 4.78 is 36.0. The van der Waals surface area contributed by atoms with Gasteiger partial charge >= 0.3 is 13.7 Å². The van der Waals surface area contributed by atoms with Gasteiger partial charge in [-0.2, -0.15) is 5.09 Å². The summed E-state index contributed by atoms with van der Waals surface area (Å²) in [4.78, 5) is 25.6. The lowest BCUT2D eigenvalue weighted by Crippen LogP contribution is -2.44. The number of rotatable bonds is 11. The molecule has 13 heteroatoms. The first-order valence-electron chi connectivity index (χ1n) is 12.2. The van der Waals surface area contributed by atoms with E-state index in [1.54, 1.807) is 48.7 Å². The number of aliphatic hydroxyl groups is 2. The SMILES string of the molecule is CC(NP(=O)(OCC1O[C@@H](N2C=CC=C(C(N)=O)C2)[C@H](O)[C@@H]1O)Oc1ccccc1)C(=O)OCC(C)(C)C. The molecular weight excluding hydrogens is 517 g/mol. The Kier molecular flexibility index (Phi) is 9.74. The zero-order chi connectivity index (χ0) is 28.1. The number of hydrogen-bond donors (Lipinski definition) is 4. The van der Waals surface area contributed by atoms with E-state index in [9.17, 15) is 24.4 Å². The molecule has 5 N–H and O–H groups in total. The average molecular weight is 554 g/mol. The van der Waals surface area contributed by atoms with Crippen molar-refractivity contribution in [3.8, 4) is 5.75 Å². The fraction of sp³-hybridized carbons (Fsp3) is 0.520. The topological polar surface area (TPSA) is 170 Å². The monoisotopic (exact) mass is 553 g/mol. The van der Waals surface area contributed by atoms with Crippen LogP contribution in [0.25, 0.3) is 0 Å². The first kappa shape index (κ1) is 29.8. The van der Waals surface area contributed by atoms with E-state index in [4.69, 9.17) is 24.3 Å². The molecule has 0 spiro atoms. The first-order chi connectivity index (χ1) is 17.8. The van der Waals surface area contributed by atoms with Crippen LogP contribution in [-0.4, -0.2) is 77.3 Å². The molecule has 6 atom stereocenters. The summed E-state index contributed by atoms with van der Waals surface area (Å²) in [6, 6.07) is 7.16. The molecule has 0 saturated carbocycles. The number of hydrogen-bond acceptors (Lipinski definition) is 10. The Labute approximate surface area is 222 Å². The fourth-order valence-electron chi connectivity index (χ4n) is 3.63. The fourth-order valence-corrected chi connectivity index (χ4v) is 5.13. The van der Waals surface area contributed by atoms with Gasteiger partial charge in [0.05, 0.1) is 19.8 Å². The van der Waals surface area contributed by atoms with Gasteiger partial charge in [-0.25, -0.2) is 4.57 Å². The van der Waals surface area contributed by atoms with E-state index in [0.717, 1.165) is 0 Å². The van der Waals surface area contributed by atoms with Gasteiger partial charge in [0.25, 0.3) is 0 Å². The normalized spacial score (nSPS) is 25.8. The van der Waals surface area contributed by atoms with Crippen molar-refractivity contribution in [3.05, 3.63) is 54.3 Å². The molecule has 210 valence electrons. The summed E-state index contributed by atoms with van der Waals surface area (Å²) in [6.45, 7) is 6.95. The predicted octanol–water partition coefficient (Wildman–Crippen LogP) is 1.45. The number of nitrogens with one attached hydrogen (secondary N) is 1. The Balaban J connectivity index is 1.69. The van der Waals surface area contributed by atoms with Crippen molar-refractivity contribution in [3.63, 3.8) is 0 Å². The van der Waals surface area contributed by atoms with Crippen molar-refractivity contribution in [2.45, 2.75) is 58.3 Å². The van der Waals surface area contributed by atoms with Crippen molar-refractivity contribution in [1.29, 1.82) is 0 Å². The van der Waals surface area contributed by atoms with Gasteiger partial charge in [0.15, 0.2) is 6.23 Å². The number of carbonyl (C=O) groups is 2. The van der Waals surface area contributed by atoms with Crippen molar-refractivity contribution in [2.24, 2.45) is 11.1 Å². The third kappa shape index (κ3) is 8.13. The number of carbonyl (C=O) groups excluding carboxylic acids is 2. The van der Waals surface area contributed by atoms with Crippen molar-refractivity contribution in [2.75, 3.05) is 19.8 Å². The van der Waals surface area contributed by atoms with Crippen molar-refractivity contribution >= 4 is 19.6 Å². The predicted molar refractivity (Wildman–Crippen MR) is 137 cm³/mol. The number of nitrogens with zero attached hydrogens (tertiary/aromatic N) is 1. The summed E-state index contributed by atoms with van der Waals surface area (Å²) >= 11 is 0. The maximum Gasteiger partial charge on any atom is 0.459 e. The molecule has 1 saturated heterocycles. The maximum absolute atomic E-state index is 13.7. The standard InChI is InChI=1S/C25H36N3O9P/c1-16(24(32)34-15-25(2,3)4)27-38(33,37-18-10-6-5-7-11-18)35-14-19-20(29)21(30)23(36-19)28-12-8-9-17(13-28)22(26)31/h5-12,16,19-21,23,29-30H,13-15H2,1-4H3,(H2,26,31)(H,27,33)/t16?,19?,20-,21-,23-,38?/m1/s1. The Morgan fingerprint density at radius 1 is 1.24 bits per heavy atom. The van der Waals surface area contributed by atoms with Crippen LogP contribution >= 0.6 is 7.75 Å². The molecule has 1 fully saturated rings. The summed E-state index contributed by atoms with van der Waals surface area (Å²) in [5, 5.41) is 23.8. The quantitative estimate of drug-likeness (QED) is 0.231. The van der Waals surface area contributed by atoms with Gasteiger partial charge in [-0.05, 0) is 30.5 Å². The zero-order valence-corrected chi connectivity index (χ0v) is 22.7. The summed E-state index contributed by atoms with van der Waals surface area (Å²) in [6.07, 6.45) is -0.192. The van der Waals surface area contributed by atoms with Gasteiger partial charge in [-0.3, -0.25) is 14.1 Å². The lowest BCUT2D eigenvalue weighted by molar-refractivity contribution is -0.148. The van der Waals surface area contributed by atoms with E-state index < -0.39 is 56.8 Å². The second kappa shape index (κ2) is 12.4. The molecule has 3 rings (SSSR count). The minimum absolute atomic E-state index is 0.0687. The zero-order valence-electron chi connectivity index (χ0n) is 21.9. The number of benzene rings is 1. The summed E-state index contributed by atoms with van der Waals surface area (Å²) in [5.74, 6) is -1.05. The number of ether oxygens (including phenoxy) is 2. The van der Waals surface area contributed by atoms with E-state index in [0.29, 0.717) is 5.57 Å². The highest BCUT2D eigenvalue weighted by molar-refractivity contribution is 7.52. The smallest absolute Gasteiger partial charge is 0.459 e. The van der Waals surface area contributed by atoms with Gasteiger partial charge in [0.1, 0.15) is 30.1 Å². The molecule has 2 aliphatic rings. The van der Waals surface area contributed by atoms with E-state index in [1.807, 2.05) is 20.8 Å². The molecule has 0 bridgehead atoms. The molecule has 0 radical (unpaired) electrons.